The molecule has 3 rings (SSSR count). The van der Waals surface area contributed by atoms with Crippen molar-refractivity contribution in [2.45, 2.75) is 26.8 Å². The van der Waals surface area contributed by atoms with E-state index in [1.54, 1.807) is 4.90 Å². The number of likely N-dealkylation sites (N-methyl/N-ethyl adjacent to an activating group) is 1. The minimum atomic E-state index is -0.103. The van der Waals surface area contributed by atoms with Crippen LogP contribution < -0.4 is 4.90 Å². The fourth-order valence-corrected chi connectivity index (χ4v) is 3.80. The van der Waals surface area contributed by atoms with Crippen LogP contribution in [-0.4, -0.2) is 52.8 Å². The summed E-state index contributed by atoms with van der Waals surface area (Å²) in [4.78, 5) is 21.7. The number of hydrogen-bond donors (Lipinski definition) is 0. The maximum absolute atomic E-state index is 13.2. The Balaban J connectivity index is 1.97. The van der Waals surface area contributed by atoms with Crippen molar-refractivity contribution in [1.29, 1.82) is 0 Å². The van der Waals surface area contributed by atoms with Gasteiger partial charge in [-0.1, -0.05) is 23.5 Å². The number of carbonyl (C=O) groups is 1. The fourth-order valence-electron chi connectivity index (χ4n) is 2.81. The molecule has 0 bridgehead atoms. The zero-order valence-electron chi connectivity index (χ0n) is 15.9. The van der Waals surface area contributed by atoms with Crippen LogP contribution in [-0.2, 0) is 0 Å². The third kappa shape index (κ3) is 3.78. The van der Waals surface area contributed by atoms with Crippen molar-refractivity contribution in [3.63, 3.8) is 0 Å². The molecule has 0 aliphatic rings. The molecule has 1 aromatic carbocycles. The van der Waals surface area contributed by atoms with Crippen molar-refractivity contribution in [2.75, 3.05) is 32.1 Å². The third-order valence-electron chi connectivity index (χ3n) is 4.16. The van der Waals surface area contributed by atoms with Crippen LogP contribution in [0.25, 0.3) is 10.2 Å². The Bertz CT molecular complexity index is 879. The van der Waals surface area contributed by atoms with Crippen LogP contribution in [0.1, 0.15) is 36.1 Å². The van der Waals surface area contributed by atoms with E-state index in [1.165, 1.54) is 11.3 Å². The summed E-state index contributed by atoms with van der Waals surface area (Å²) >= 11 is 1.54. The Hall–Kier alpha value is -2.25. The lowest BCUT2D eigenvalue weighted by molar-refractivity contribution is 0.0979. The van der Waals surface area contributed by atoms with Gasteiger partial charge in [0.2, 0.25) is 0 Å². The number of carbonyl (C=O) groups excluding carboxylic acids is 1. The molecule has 0 saturated carbocycles. The van der Waals surface area contributed by atoms with E-state index in [0.29, 0.717) is 12.2 Å². The number of para-hydroxylation sites is 1. The second kappa shape index (κ2) is 7.55. The molecule has 0 unspecified atom stereocenters. The molecule has 0 N–H and O–H groups in total. The maximum atomic E-state index is 13.2. The van der Waals surface area contributed by atoms with Crippen LogP contribution in [0.5, 0.6) is 0 Å². The Morgan fingerprint density at radius 3 is 2.58 bits per heavy atom. The average Bonchev–Trinajstić information content (AvgIpc) is 3.17. The number of fused-ring (bicyclic) bond motifs is 1. The Kier molecular flexibility index (Phi) is 5.38. The second-order valence-electron chi connectivity index (χ2n) is 6.93. The maximum Gasteiger partial charge on any atom is 0.280 e. The largest absolute Gasteiger partial charge is 0.308 e. The summed E-state index contributed by atoms with van der Waals surface area (Å²) in [5.41, 5.74) is 2.37. The summed E-state index contributed by atoms with van der Waals surface area (Å²) in [6.07, 6.45) is 0. The van der Waals surface area contributed by atoms with Gasteiger partial charge in [-0.15, -0.1) is 0 Å². The van der Waals surface area contributed by atoms with Gasteiger partial charge in [0.1, 0.15) is 0 Å². The lowest BCUT2D eigenvalue weighted by Gasteiger charge is -2.21. The molecular formula is C19H25N5OS. The first-order valence-corrected chi connectivity index (χ1v) is 9.56. The predicted octanol–water partition coefficient (Wildman–Crippen LogP) is 3.59. The molecule has 1 amide bonds. The number of aromatic nitrogens is 3. The minimum absolute atomic E-state index is 0.103. The third-order valence-corrected chi connectivity index (χ3v) is 5.22. The van der Waals surface area contributed by atoms with Crippen LogP contribution in [0.2, 0.25) is 0 Å². The van der Waals surface area contributed by atoms with Gasteiger partial charge in [0.15, 0.2) is 10.8 Å². The van der Waals surface area contributed by atoms with Gasteiger partial charge >= 0.3 is 0 Å². The number of nitrogens with zero attached hydrogens (tertiary/aromatic N) is 5. The first-order chi connectivity index (χ1) is 12.4. The SMILES string of the molecule is Cc1cc(C(=O)N(CCN(C)C)c2nc3ccccc3s2)nn1C(C)C. The number of thiazole rings is 1. The molecular weight excluding hydrogens is 346 g/mol. The van der Waals surface area contributed by atoms with E-state index in [-0.39, 0.29) is 11.9 Å². The average molecular weight is 372 g/mol. The Morgan fingerprint density at radius 2 is 1.96 bits per heavy atom. The molecule has 138 valence electrons. The quantitative estimate of drug-likeness (QED) is 0.664. The highest BCUT2D eigenvalue weighted by molar-refractivity contribution is 7.22. The van der Waals surface area contributed by atoms with Crippen molar-refractivity contribution < 1.29 is 4.79 Å². The minimum Gasteiger partial charge on any atom is -0.308 e. The summed E-state index contributed by atoms with van der Waals surface area (Å²) in [6.45, 7) is 7.42. The number of amides is 1. The van der Waals surface area contributed by atoms with Crippen molar-refractivity contribution in [3.8, 4) is 0 Å². The molecule has 0 aliphatic carbocycles. The number of aryl methyl sites for hydroxylation is 1. The van der Waals surface area contributed by atoms with Crippen LogP contribution >= 0.6 is 11.3 Å². The molecule has 0 radical (unpaired) electrons. The molecule has 26 heavy (non-hydrogen) atoms. The topological polar surface area (TPSA) is 54.3 Å². The van der Waals surface area contributed by atoms with Crippen molar-refractivity contribution in [1.82, 2.24) is 19.7 Å². The molecule has 0 spiro atoms. The van der Waals surface area contributed by atoms with E-state index in [9.17, 15) is 4.79 Å². The van der Waals surface area contributed by atoms with Crippen LogP contribution in [0.3, 0.4) is 0 Å². The molecule has 0 saturated heterocycles. The zero-order chi connectivity index (χ0) is 18.8. The zero-order valence-corrected chi connectivity index (χ0v) is 16.7. The highest BCUT2D eigenvalue weighted by Gasteiger charge is 2.24. The van der Waals surface area contributed by atoms with Gasteiger partial charge in [-0.3, -0.25) is 14.4 Å². The van der Waals surface area contributed by atoms with E-state index < -0.39 is 0 Å². The second-order valence-corrected chi connectivity index (χ2v) is 7.94. The van der Waals surface area contributed by atoms with Gasteiger partial charge in [-0.25, -0.2) is 4.98 Å². The van der Waals surface area contributed by atoms with Gasteiger partial charge in [0.25, 0.3) is 5.91 Å². The molecule has 2 aromatic heterocycles. The first-order valence-electron chi connectivity index (χ1n) is 8.75. The predicted molar refractivity (Wildman–Crippen MR) is 107 cm³/mol. The summed E-state index contributed by atoms with van der Waals surface area (Å²) in [6, 6.07) is 10.0. The highest BCUT2D eigenvalue weighted by atomic mass is 32.1. The van der Waals surface area contributed by atoms with E-state index in [0.717, 1.165) is 27.6 Å². The highest BCUT2D eigenvalue weighted by Crippen LogP contribution is 2.29. The molecule has 2 heterocycles. The lowest BCUT2D eigenvalue weighted by Crippen LogP contribution is -2.37. The molecule has 0 aliphatic heterocycles. The van der Waals surface area contributed by atoms with Gasteiger partial charge in [0, 0.05) is 24.8 Å². The molecule has 0 fully saturated rings. The first kappa shape index (κ1) is 18.5. The number of anilines is 1. The van der Waals surface area contributed by atoms with E-state index in [4.69, 9.17) is 0 Å². The molecule has 7 heteroatoms. The van der Waals surface area contributed by atoms with E-state index >= 15 is 0 Å². The summed E-state index contributed by atoms with van der Waals surface area (Å²) in [7, 11) is 4.00. The summed E-state index contributed by atoms with van der Waals surface area (Å²) in [5, 5.41) is 5.24. The van der Waals surface area contributed by atoms with E-state index in [2.05, 4.69) is 28.8 Å². The number of rotatable bonds is 6. The standard InChI is InChI=1S/C19H25N5OS/c1-13(2)24-14(3)12-16(21-24)18(25)23(11-10-22(4)5)19-20-15-8-6-7-9-17(15)26-19/h6-9,12-13H,10-11H2,1-5H3. The van der Waals surface area contributed by atoms with Crippen molar-refractivity contribution in [2.24, 2.45) is 0 Å². The van der Waals surface area contributed by atoms with Crippen LogP contribution in [0.4, 0.5) is 5.13 Å². The van der Waals surface area contributed by atoms with Crippen LogP contribution in [0.15, 0.2) is 30.3 Å². The van der Waals surface area contributed by atoms with Gasteiger partial charge < -0.3 is 4.90 Å². The van der Waals surface area contributed by atoms with Crippen LogP contribution in [0, 0.1) is 6.92 Å². The monoisotopic (exact) mass is 371 g/mol. The fraction of sp³-hybridized carbons (Fsp3) is 0.421. The Labute approximate surface area is 158 Å². The van der Waals surface area contributed by atoms with Gasteiger partial charge in [0.05, 0.1) is 10.2 Å². The molecule has 0 atom stereocenters. The summed E-state index contributed by atoms with van der Waals surface area (Å²) < 4.78 is 2.96. The van der Waals surface area contributed by atoms with Gasteiger partial charge in [-0.05, 0) is 53.1 Å². The number of benzene rings is 1. The summed E-state index contributed by atoms with van der Waals surface area (Å²) in [5.74, 6) is -0.103. The lowest BCUT2D eigenvalue weighted by atomic mass is 10.3. The Morgan fingerprint density at radius 1 is 1.23 bits per heavy atom. The smallest absolute Gasteiger partial charge is 0.280 e. The van der Waals surface area contributed by atoms with Crippen molar-refractivity contribution in [3.05, 3.63) is 41.7 Å². The molecule has 6 nitrogen and oxygen atoms in total. The number of hydrogen-bond acceptors (Lipinski definition) is 5. The van der Waals surface area contributed by atoms with Gasteiger partial charge in [-0.2, -0.15) is 5.10 Å². The van der Waals surface area contributed by atoms with E-state index in [1.807, 2.05) is 56.0 Å². The van der Waals surface area contributed by atoms with Crippen molar-refractivity contribution >= 4 is 32.6 Å². The molecule has 3 aromatic rings. The normalized spacial score (nSPS) is 11.7.